The summed E-state index contributed by atoms with van der Waals surface area (Å²) in [4.78, 5) is 9.60. The van der Waals surface area contributed by atoms with Gasteiger partial charge in [0, 0.05) is 39.3 Å². The van der Waals surface area contributed by atoms with E-state index in [0.29, 0.717) is 19.8 Å². The van der Waals surface area contributed by atoms with Crippen molar-refractivity contribution in [3.05, 3.63) is 0 Å². The Kier molecular flexibility index (Phi) is 19.1. The third kappa shape index (κ3) is 15.4. The van der Waals surface area contributed by atoms with Crippen LogP contribution in [0.4, 0.5) is 0 Å². The Balaban J connectivity index is 0.00000676. The second-order valence-corrected chi connectivity index (χ2v) is 6.76. The lowest BCUT2D eigenvalue weighted by Gasteiger charge is -2.19. The van der Waals surface area contributed by atoms with Crippen molar-refractivity contribution in [3.63, 3.8) is 0 Å². The molecule has 0 unspecified atom stereocenters. The van der Waals surface area contributed by atoms with Gasteiger partial charge in [-0.15, -0.1) is 24.0 Å². The topological polar surface area (TPSA) is 61.4 Å². The number of nitrogens with zero attached hydrogens (tertiary/aromatic N) is 3. The van der Waals surface area contributed by atoms with Crippen molar-refractivity contribution in [1.82, 2.24) is 20.4 Å². The molecule has 162 valence electrons. The van der Waals surface area contributed by atoms with Crippen molar-refractivity contribution in [2.75, 3.05) is 85.8 Å². The summed E-state index contributed by atoms with van der Waals surface area (Å²) in [5.74, 6) is 0.877. The first-order chi connectivity index (χ1) is 12.8. The molecule has 0 atom stereocenters. The number of nitrogens with one attached hydrogen (secondary N) is 2. The number of ether oxygens (including phenoxy) is 2. The van der Waals surface area contributed by atoms with Crippen LogP contribution in [0.15, 0.2) is 4.99 Å². The molecule has 0 saturated carbocycles. The van der Waals surface area contributed by atoms with Crippen molar-refractivity contribution in [2.24, 2.45) is 4.99 Å². The maximum atomic E-state index is 5.58. The smallest absolute Gasteiger partial charge is 0.191 e. The average Bonchev–Trinajstić information content (AvgIpc) is 2.84. The van der Waals surface area contributed by atoms with E-state index in [1.54, 1.807) is 0 Å². The molecular weight excluding hydrogens is 457 g/mol. The van der Waals surface area contributed by atoms with Crippen molar-refractivity contribution in [2.45, 2.75) is 33.1 Å². The van der Waals surface area contributed by atoms with E-state index < -0.39 is 0 Å². The number of aliphatic imine (C=N–C) groups is 1. The van der Waals surface area contributed by atoms with Gasteiger partial charge in [0.2, 0.25) is 0 Å². The van der Waals surface area contributed by atoms with Crippen LogP contribution in [-0.2, 0) is 9.47 Å². The van der Waals surface area contributed by atoms with Gasteiger partial charge < -0.3 is 29.9 Å². The minimum atomic E-state index is 0. The molecule has 8 heteroatoms. The van der Waals surface area contributed by atoms with E-state index in [1.807, 2.05) is 0 Å². The van der Waals surface area contributed by atoms with E-state index in [4.69, 9.17) is 9.47 Å². The quantitative estimate of drug-likeness (QED) is 0.174. The zero-order chi connectivity index (χ0) is 18.9. The van der Waals surface area contributed by atoms with Gasteiger partial charge in [0.05, 0.1) is 26.4 Å². The predicted octanol–water partition coefficient (Wildman–Crippen LogP) is 1.63. The van der Waals surface area contributed by atoms with Crippen molar-refractivity contribution in [3.8, 4) is 0 Å². The lowest BCUT2D eigenvalue weighted by Crippen LogP contribution is -2.40. The van der Waals surface area contributed by atoms with Crippen LogP contribution < -0.4 is 10.6 Å². The molecule has 0 radical (unpaired) electrons. The third-order valence-electron chi connectivity index (χ3n) is 4.40. The first kappa shape index (κ1) is 26.8. The Bertz CT molecular complexity index is 361. The number of guanidine groups is 1. The van der Waals surface area contributed by atoms with Crippen molar-refractivity contribution < 1.29 is 9.47 Å². The second kappa shape index (κ2) is 19.2. The number of hydrogen-bond donors (Lipinski definition) is 2. The minimum absolute atomic E-state index is 0. The number of likely N-dealkylation sites (N-methyl/N-ethyl adjacent to an activating group) is 1. The SMILES string of the molecule is CCCCOCCOCCNC(=NCCN1CCCN(C)CC1)NCC.I. The fourth-order valence-electron chi connectivity index (χ4n) is 2.78. The van der Waals surface area contributed by atoms with Crippen LogP contribution in [0.2, 0.25) is 0 Å². The molecule has 0 aromatic heterocycles. The molecule has 0 amide bonds. The van der Waals surface area contributed by atoms with Crippen LogP contribution in [0.1, 0.15) is 33.1 Å². The molecule has 1 aliphatic heterocycles. The summed E-state index contributed by atoms with van der Waals surface area (Å²) in [6.07, 6.45) is 3.54. The maximum Gasteiger partial charge on any atom is 0.191 e. The van der Waals surface area contributed by atoms with E-state index in [0.717, 1.165) is 58.3 Å². The van der Waals surface area contributed by atoms with Gasteiger partial charge in [-0.3, -0.25) is 4.99 Å². The van der Waals surface area contributed by atoms with Crippen LogP contribution >= 0.6 is 24.0 Å². The summed E-state index contributed by atoms with van der Waals surface area (Å²) in [6, 6.07) is 0. The maximum absolute atomic E-state index is 5.58. The fraction of sp³-hybridized carbons (Fsp3) is 0.947. The Morgan fingerprint density at radius 1 is 0.963 bits per heavy atom. The summed E-state index contributed by atoms with van der Waals surface area (Å²) < 4.78 is 11.1. The van der Waals surface area contributed by atoms with Gasteiger partial charge in [-0.1, -0.05) is 13.3 Å². The Morgan fingerprint density at radius 3 is 2.48 bits per heavy atom. The summed E-state index contributed by atoms with van der Waals surface area (Å²) >= 11 is 0. The number of hydrogen-bond acceptors (Lipinski definition) is 5. The molecule has 7 nitrogen and oxygen atoms in total. The molecule has 1 heterocycles. The highest BCUT2D eigenvalue weighted by Crippen LogP contribution is 2.00. The number of halogens is 1. The second-order valence-electron chi connectivity index (χ2n) is 6.76. The normalized spacial score (nSPS) is 16.6. The molecule has 1 aliphatic rings. The Hall–Kier alpha value is -0.160. The molecule has 1 saturated heterocycles. The Labute approximate surface area is 183 Å². The number of rotatable bonds is 13. The van der Waals surface area contributed by atoms with E-state index in [9.17, 15) is 0 Å². The molecule has 2 N–H and O–H groups in total. The molecule has 0 aliphatic carbocycles. The van der Waals surface area contributed by atoms with Gasteiger partial charge in [-0.2, -0.15) is 0 Å². The van der Waals surface area contributed by atoms with E-state index in [2.05, 4.69) is 46.3 Å². The highest BCUT2D eigenvalue weighted by Gasteiger charge is 2.11. The molecule has 0 aromatic rings. The van der Waals surface area contributed by atoms with E-state index in [-0.39, 0.29) is 24.0 Å². The molecule has 1 fully saturated rings. The molecule has 0 spiro atoms. The largest absolute Gasteiger partial charge is 0.379 e. The third-order valence-corrected chi connectivity index (χ3v) is 4.40. The molecule has 27 heavy (non-hydrogen) atoms. The molecule has 0 aromatic carbocycles. The first-order valence-electron chi connectivity index (χ1n) is 10.3. The van der Waals surface area contributed by atoms with Crippen LogP contribution in [0, 0.1) is 0 Å². The lowest BCUT2D eigenvalue weighted by atomic mass is 10.4. The summed E-state index contributed by atoms with van der Waals surface area (Å²) in [5.41, 5.74) is 0. The van der Waals surface area contributed by atoms with Crippen molar-refractivity contribution in [1.29, 1.82) is 0 Å². The highest BCUT2D eigenvalue weighted by molar-refractivity contribution is 14.0. The van der Waals surface area contributed by atoms with Crippen LogP contribution in [0.25, 0.3) is 0 Å². The highest BCUT2D eigenvalue weighted by atomic mass is 127. The number of unbranched alkanes of at least 4 members (excludes halogenated alkanes) is 1. The van der Waals surface area contributed by atoms with Gasteiger partial charge >= 0.3 is 0 Å². The Morgan fingerprint density at radius 2 is 1.74 bits per heavy atom. The minimum Gasteiger partial charge on any atom is -0.379 e. The van der Waals surface area contributed by atoms with Crippen LogP contribution in [0.5, 0.6) is 0 Å². The van der Waals surface area contributed by atoms with Gasteiger partial charge in [0.15, 0.2) is 5.96 Å². The standard InChI is InChI=1S/C19H41N5O2.HI/c1-4-6-15-25-17-18-26-16-9-22-19(20-5-2)21-8-12-24-11-7-10-23(3)13-14-24;/h4-18H2,1-3H3,(H2,20,21,22);1H. The van der Waals surface area contributed by atoms with E-state index >= 15 is 0 Å². The summed E-state index contributed by atoms with van der Waals surface area (Å²) in [7, 11) is 2.20. The van der Waals surface area contributed by atoms with Gasteiger partial charge in [0.1, 0.15) is 0 Å². The van der Waals surface area contributed by atoms with E-state index in [1.165, 1.54) is 25.9 Å². The zero-order valence-electron chi connectivity index (χ0n) is 17.7. The lowest BCUT2D eigenvalue weighted by molar-refractivity contribution is 0.0487. The predicted molar refractivity (Wildman–Crippen MR) is 124 cm³/mol. The molecular formula is C19H42IN5O2. The molecule has 1 rings (SSSR count). The van der Waals surface area contributed by atoms with Gasteiger partial charge in [-0.05, 0) is 39.9 Å². The van der Waals surface area contributed by atoms with Crippen LogP contribution in [-0.4, -0.2) is 102 Å². The molecule has 0 bridgehead atoms. The van der Waals surface area contributed by atoms with Crippen LogP contribution in [0.3, 0.4) is 0 Å². The fourth-order valence-corrected chi connectivity index (χ4v) is 2.78. The first-order valence-corrected chi connectivity index (χ1v) is 10.3. The van der Waals surface area contributed by atoms with Crippen molar-refractivity contribution >= 4 is 29.9 Å². The summed E-state index contributed by atoms with van der Waals surface area (Å²) in [5, 5.41) is 6.63. The van der Waals surface area contributed by atoms with Gasteiger partial charge in [0.25, 0.3) is 0 Å². The zero-order valence-corrected chi connectivity index (χ0v) is 20.0. The monoisotopic (exact) mass is 499 g/mol. The average molecular weight is 499 g/mol. The summed E-state index contributed by atoms with van der Waals surface area (Å²) in [6.45, 7) is 15.2. The van der Waals surface area contributed by atoms with Gasteiger partial charge in [-0.25, -0.2) is 0 Å².